The summed E-state index contributed by atoms with van der Waals surface area (Å²) in [7, 11) is 1.58. The highest BCUT2D eigenvalue weighted by atomic mass is 16.7. The number of benzene rings is 2. The molecule has 0 amide bonds. The van der Waals surface area contributed by atoms with E-state index in [2.05, 4.69) is 10.1 Å². The van der Waals surface area contributed by atoms with E-state index in [1.165, 1.54) is 9.13 Å². The smallest absolute Gasteiger partial charge is 0.331 e. The summed E-state index contributed by atoms with van der Waals surface area (Å²) < 4.78 is 23.9. The zero-order chi connectivity index (χ0) is 22.1. The van der Waals surface area contributed by atoms with Crippen LogP contribution in [0.3, 0.4) is 0 Å². The fraction of sp³-hybridized carbons (Fsp3) is 0.273. The Bertz CT molecular complexity index is 1400. The van der Waals surface area contributed by atoms with Crippen molar-refractivity contribution in [1.82, 2.24) is 19.3 Å². The molecule has 0 saturated carbocycles. The summed E-state index contributed by atoms with van der Waals surface area (Å²) in [4.78, 5) is 30.5. The molecule has 0 fully saturated rings. The molecule has 0 spiro atoms. The van der Waals surface area contributed by atoms with Gasteiger partial charge in [0.2, 0.25) is 18.5 Å². The molecule has 0 radical (unpaired) electrons. The lowest BCUT2D eigenvalue weighted by atomic mass is 10.2. The SMILES string of the molecule is COCCCn1c(=O)c2ccccc2n(Cc2nc(-c3ccc4c(c3)OCO4)no2)c1=O. The van der Waals surface area contributed by atoms with Crippen LogP contribution in [-0.2, 0) is 17.8 Å². The first-order valence-electron chi connectivity index (χ1n) is 10.1. The molecule has 3 heterocycles. The van der Waals surface area contributed by atoms with Gasteiger partial charge in [0, 0.05) is 25.8 Å². The highest BCUT2D eigenvalue weighted by Gasteiger charge is 2.18. The number of para-hydroxylation sites is 1. The molecule has 4 aromatic rings. The first-order valence-corrected chi connectivity index (χ1v) is 10.1. The summed E-state index contributed by atoms with van der Waals surface area (Å²) in [6.45, 7) is 0.900. The van der Waals surface area contributed by atoms with Crippen LogP contribution in [0, 0.1) is 0 Å². The summed E-state index contributed by atoms with van der Waals surface area (Å²) >= 11 is 0. The van der Waals surface area contributed by atoms with E-state index in [-0.39, 0.29) is 31.3 Å². The van der Waals surface area contributed by atoms with Gasteiger partial charge in [0.15, 0.2) is 11.5 Å². The van der Waals surface area contributed by atoms with E-state index in [4.69, 9.17) is 18.7 Å². The second kappa shape index (κ2) is 8.31. The summed E-state index contributed by atoms with van der Waals surface area (Å²) in [6.07, 6.45) is 0.540. The maximum absolute atomic E-state index is 13.2. The Kier molecular flexibility index (Phi) is 5.20. The van der Waals surface area contributed by atoms with E-state index < -0.39 is 5.69 Å². The minimum absolute atomic E-state index is 0.0292. The van der Waals surface area contributed by atoms with Gasteiger partial charge >= 0.3 is 5.69 Å². The van der Waals surface area contributed by atoms with Crippen molar-refractivity contribution in [2.24, 2.45) is 0 Å². The molecule has 2 aromatic carbocycles. The molecule has 2 aromatic heterocycles. The Labute approximate surface area is 181 Å². The van der Waals surface area contributed by atoms with Crippen molar-refractivity contribution in [2.45, 2.75) is 19.5 Å². The van der Waals surface area contributed by atoms with Crippen molar-refractivity contribution in [1.29, 1.82) is 0 Å². The van der Waals surface area contributed by atoms with Crippen LogP contribution >= 0.6 is 0 Å². The molecule has 10 heteroatoms. The predicted octanol–water partition coefficient (Wildman–Crippen LogP) is 2.03. The van der Waals surface area contributed by atoms with Crippen LogP contribution in [0.2, 0.25) is 0 Å². The van der Waals surface area contributed by atoms with Crippen LogP contribution in [0.5, 0.6) is 11.5 Å². The standard InChI is InChI=1S/C22H20N4O6/c1-29-10-4-9-25-21(27)15-5-2-3-6-16(15)26(22(25)28)12-19-23-20(24-32-19)14-7-8-17-18(11-14)31-13-30-17/h2-3,5-8,11H,4,9-10,12-13H2,1H3. The number of methoxy groups -OCH3 is 1. The Morgan fingerprint density at radius 3 is 2.78 bits per heavy atom. The highest BCUT2D eigenvalue weighted by Crippen LogP contribution is 2.35. The zero-order valence-corrected chi connectivity index (χ0v) is 17.3. The lowest BCUT2D eigenvalue weighted by molar-refractivity contribution is 0.174. The average Bonchev–Trinajstić information content (AvgIpc) is 3.48. The monoisotopic (exact) mass is 436 g/mol. The van der Waals surface area contributed by atoms with Gasteiger partial charge in [-0.1, -0.05) is 17.3 Å². The molecule has 0 aliphatic carbocycles. The number of nitrogens with zero attached hydrogens (tertiary/aromatic N) is 4. The molecule has 5 rings (SSSR count). The summed E-state index contributed by atoms with van der Waals surface area (Å²) in [5, 5.41) is 4.48. The van der Waals surface area contributed by atoms with Crippen molar-refractivity contribution in [3.05, 3.63) is 69.2 Å². The molecule has 10 nitrogen and oxygen atoms in total. The molecule has 0 atom stereocenters. The molecule has 1 aliphatic heterocycles. The second-order valence-corrected chi connectivity index (χ2v) is 7.27. The summed E-state index contributed by atoms with van der Waals surface area (Å²) in [5.41, 5.74) is 0.441. The maximum atomic E-state index is 13.2. The topological polar surface area (TPSA) is 111 Å². The van der Waals surface area contributed by atoms with Crippen molar-refractivity contribution >= 4 is 10.9 Å². The Morgan fingerprint density at radius 1 is 1.06 bits per heavy atom. The van der Waals surface area contributed by atoms with Crippen LogP contribution in [0.25, 0.3) is 22.3 Å². The largest absolute Gasteiger partial charge is 0.454 e. The minimum Gasteiger partial charge on any atom is -0.454 e. The fourth-order valence-electron chi connectivity index (χ4n) is 3.70. The Balaban J connectivity index is 1.52. The average molecular weight is 436 g/mol. The molecular weight excluding hydrogens is 416 g/mol. The minimum atomic E-state index is -0.437. The van der Waals surface area contributed by atoms with E-state index in [9.17, 15) is 9.59 Å². The number of fused-ring (bicyclic) bond motifs is 2. The molecule has 0 bridgehead atoms. The second-order valence-electron chi connectivity index (χ2n) is 7.27. The zero-order valence-electron chi connectivity index (χ0n) is 17.3. The van der Waals surface area contributed by atoms with Gasteiger partial charge in [0.25, 0.3) is 5.56 Å². The van der Waals surface area contributed by atoms with Crippen LogP contribution in [0.1, 0.15) is 12.3 Å². The van der Waals surface area contributed by atoms with E-state index in [1.807, 2.05) is 0 Å². The third-order valence-electron chi connectivity index (χ3n) is 5.25. The number of hydrogen-bond donors (Lipinski definition) is 0. The third kappa shape index (κ3) is 3.54. The fourth-order valence-corrected chi connectivity index (χ4v) is 3.70. The van der Waals surface area contributed by atoms with Gasteiger partial charge in [-0.05, 0) is 36.8 Å². The molecule has 32 heavy (non-hydrogen) atoms. The van der Waals surface area contributed by atoms with Gasteiger partial charge in [-0.15, -0.1) is 0 Å². The Hall–Kier alpha value is -3.92. The molecular formula is C22H20N4O6. The number of ether oxygens (including phenoxy) is 3. The van der Waals surface area contributed by atoms with E-state index in [0.717, 1.165) is 0 Å². The van der Waals surface area contributed by atoms with Gasteiger partial charge < -0.3 is 18.7 Å². The van der Waals surface area contributed by atoms with E-state index >= 15 is 0 Å². The van der Waals surface area contributed by atoms with Crippen molar-refractivity contribution in [2.75, 3.05) is 20.5 Å². The molecule has 0 saturated heterocycles. The van der Waals surface area contributed by atoms with Crippen LogP contribution in [0.4, 0.5) is 0 Å². The Morgan fingerprint density at radius 2 is 1.91 bits per heavy atom. The predicted molar refractivity (Wildman–Crippen MR) is 114 cm³/mol. The number of aromatic nitrogens is 4. The summed E-state index contributed by atoms with van der Waals surface area (Å²) in [5.74, 6) is 1.88. The van der Waals surface area contributed by atoms with Gasteiger partial charge in [-0.3, -0.25) is 13.9 Å². The van der Waals surface area contributed by atoms with Crippen molar-refractivity contribution in [3.63, 3.8) is 0 Å². The van der Waals surface area contributed by atoms with E-state index in [0.29, 0.717) is 46.8 Å². The number of rotatable bonds is 7. The van der Waals surface area contributed by atoms with Gasteiger partial charge in [-0.2, -0.15) is 4.98 Å². The van der Waals surface area contributed by atoms with Crippen LogP contribution in [-0.4, -0.2) is 39.8 Å². The first kappa shape index (κ1) is 20.0. The highest BCUT2D eigenvalue weighted by molar-refractivity contribution is 5.77. The molecule has 1 aliphatic rings. The summed E-state index contributed by atoms with van der Waals surface area (Å²) in [6, 6.07) is 12.3. The van der Waals surface area contributed by atoms with Gasteiger partial charge in [0.1, 0.15) is 6.54 Å². The normalized spacial score (nSPS) is 12.5. The molecule has 0 unspecified atom stereocenters. The lowest BCUT2D eigenvalue weighted by Gasteiger charge is -2.12. The molecule has 164 valence electrons. The van der Waals surface area contributed by atoms with Crippen LogP contribution in [0.15, 0.2) is 56.6 Å². The van der Waals surface area contributed by atoms with Crippen LogP contribution < -0.4 is 20.7 Å². The van der Waals surface area contributed by atoms with Gasteiger partial charge in [0.05, 0.1) is 10.9 Å². The van der Waals surface area contributed by atoms with Gasteiger partial charge in [-0.25, -0.2) is 4.79 Å². The van der Waals surface area contributed by atoms with Crippen molar-refractivity contribution < 1.29 is 18.7 Å². The quantitative estimate of drug-likeness (QED) is 0.405. The number of hydrogen-bond acceptors (Lipinski definition) is 8. The lowest BCUT2D eigenvalue weighted by Crippen LogP contribution is -2.40. The maximum Gasteiger partial charge on any atom is 0.331 e. The molecule has 0 N–H and O–H groups in total. The van der Waals surface area contributed by atoms with E-state index in [1.54, 1.807) is 49.6 Å². The first-order chi connectivity index (χ1) is 15.7. The third-order valence-corrected chi connectivity index (χ3v) is 5.25. The van der Waals surface area contributed by atoms with Crippen molar-refractivity contribution in [3.8, 4) is 22.9 Å².